The zero-order valence-corrected chi connectivity index (χ0v) is 9.29. The summed E-state index contributed by atoms with van der Waals surface area (Å²) in [6.07, 6.45) is 6.73. The van der Waals surface area contributed by atoms with Gasteiger partial charge in [-0.05, 0) is 30.7 Å². The SMILES string of the molecule is CC1=CC2=CC(C=[Si](C)C)OC2=C1. The molecule has 13 heavy (non-hydrogen) atoms. The molecule has 0 aromatic rings. The third-order valence-corrected chi connectivity index (χ3v) is 3.13. The Bertz CT molecular complexity index is 354. The molecule has 0 fully saturated rings. The molecule has 1 nitrogen and oxygen atoms in total. The third kappa shape index (κ3) is 1.73. The summed E-state index contributed by atoms with van der Waals surface area (Å²) in [5.41, 5.74) is 4.88. The van der Waals surface area contributed by atoms with E-state index in [4.69, 9.17) is 4.74 Å². The number of allylic oxidation sites excluding steroid dienone is 3. The van der Waals surface area contributed by atoms with Crippen LogP contribution < -0.4 is 0 Å². The standard InChI is InChI=1S/C11H14OSi/c1-8-4-9-6-10(7-13(2)3)12-11(9)5-8/h4-7,10H,1-3H3. The predicted molar refractivity (Wildman–Crippen MR) is 58.3 cm³/mol. The highest BCUT2D eigenvalue weighted by Gasteiger charge is 2.21. The minimum absolute atomic E-state index is 0.231. The summed E-state index contributed by atoms with van der Waals surface area (Å²) in [5.74, 6) is 1.06. The van der Waals surface area contributed by atoms with Crippen LogP contribution in [0.3, 0.4) is 0 Å². The van der Waals surface area contributed by atoms with Gasteiger partial charge in [0.1, 0.15) is 11.9 Å². The highest BCUT2D eigenvalue weighted by Crippen LogP contribution is 2.30. The van der Waals surface area contributed by atoms with E-state index in [1.165, 1.54) is 11.1 Å². The Kier molecular flexibility index (Phi) is 2.08. The molecule has 0 radical (unpaired) electrons. The number of hydrogen-bond acceptors (Lipinski definition) is 1. The van der Waals surface area contributed by atoms with Gasteiger partial charge in [-0.1, -0.05) is 18.8 Å². The van der Waals surface area contributed by atoms with Crippen molar-refractivity contribution in [3.05, 3.63) is 35.1 Å². The van der Waals surface area contributed by atoms with Crippen molar-refractivity contribution in [3.8, 4) is 0 Å². The molecule has 1 atom stereocenters. The molecule has 1 aliphatic carbocycles. The lowest BCUT2D eigenvalue weighted by Gasteiger charge is -2.05. The lowest BCUT2D eigenvalue weighted by molar-refractivity contribution is 0.239. The van der Waals surface area contributed by atoms with E-state index in [1.807, 2.05) is 0 Å². The van der Waals surface area contributed by atoms with E-state index in [9.17, 15) is 0 Å². The summed E-state index contributed by atoms with van der Waals surface area (Å²) >= 11 is 0. The van der Waals surface area contributed by atoms with Crippen molar-refractivity contribution in [2.45, 2.75) is 26.1 Å². The van der Waals surface area contributed by atoms with Crippen LogP contribution in [0.2, 0.25) is 13.1 Å². The highest BCUT2D eigenvalue weighted by atomic mass is 28.2. The largest absolute Gasteiger partial charge is 0.482 e. The normalized spacial score (nSPS) is 24.2. The Labute approximate surface area is 80.6 Å². The Hall–Kier alpha value is -0.893. The first-order valence-electron chi connectivity index (χ1n) is 4.59. The molecule has 2 rings (SSSR count). The lowest BCUT2D eigenvalue weighted by Crippen LogP contribution is -2.10. The molecule has 2 aliphatic rings. The zero-order valence-electron chi connectivity index (χ0n) is 8.29. The zero-order chi connectivity index (χ0) is 9.42. The quantitative estimate of drug-likeness (QED) is 0.576. The van der Waals surface area contributed by atoms with Crippen molar-refractivity contribution in [2.24, 2.45) is 0 Å². The molecule has 1 heterocycles. The fraction of sp³-hybridized carbons (Fsp3) is 0.364. The second kappa shape index (κ2) is 3.11. The first-order chi connectivity index (χ1) is 6.15. The molecular formula is C11H14OSi. The van der Waals surface area contributed by atoms with Crippen LogP contribution in [0, 0.1) is 0 Å². The first-order valence-corrected chi connectivity index (χ1v) is 7.17. The smallest absolute Gasteiger partial charge is 0.132 e. The summed E-state index contributed by atoms with van der Waals surface area (Å²) in [4.78, 5) is 0. The Morgan fingerprint density at radius 1 is 1.38 bits per heavy atom. The van der Waals surface area contributed by atoms with Gasteiger partial charge in [-0.25, -0.2) is 0 Å². The van der Waals surface area contributed by atoms with Crippen LogP contribution in [0.15, 0.2) is 35.1 Å². The topological polar surface area (TPSA) is 9.23 Å². The van der Waals surface area contributed by atoms with Crippen LogP contribution in [-0.2, 0) is 4.74 Å². The third-order valence-electron chi connectivity index (χ3n) is 2.13. The molecule has 0 saturated heterocycles. The van der Waals surface area contributed by atoms with Crippen LogP contribution in [0.25, 0.3) is 0 Å². The van der Waals surface area contributed by atoms with Crippen LogP contribution in [-0.4, -0.2) is 20.2 Å². The van der Waals surface area contributed by atoms with Gasteiger partial charge in [0.05, 0.1) is 0 Å². The molecule has 0 amide bonds. The molecule has 0 spiro atoms. The maximum Gasteiger partial charge on any atom is 0.132 e. The van der Waals surface area contributed by atoms with Crippen molar-refractivity contribution in [2.75, 3.05) is 0 Å². The molecule has 0 bridgehead atoms. The van der Waals surface area contributed by atoms with Gasteiger partial charge in [0.15, 0.2) is 0 Å². The molecule has 0 aromatic heterocycles. The van der Waals surface area contributed by atoms with Gasteiger partial charge in [0.2, 0.25) is 0 Å². The summed E-state index contributed by atoms with van der Waals surface area (Å²) in [6.45, 7) is 6.65. The molecule has 0 saturated carbocycles. The van der Waals surface area contributed by atoms with Crippen LogP contribution >= 0.6 is 0 Å². The van der Waals surface area contributed by atoms with E-state index in [1.54, 1.807) is 0 Å². The van der Waals surface area contributed by atoms with Crippen LogP contribution in [0.1, 0.15) is 6.92 Å². The number of hydrogen-bond donors (Lipinski definition) is 0. The lowest BCUT2D eigenvalue weighted by atomic mass is 10.2. The van der Waals surface area contributed by atoms with E-state index < -0.39 is 0 Å². The fourth-order valence-electron chi connectivity index (χ4n) is 1.65. The second-order valence-corrected chi connectivity index (χ2v) is 6.33. The Morgan fingerprint density at radius 2 is 2.15 bits per heavy atom. The van der Waals surface area contributed by atoms with E-state index in [-0.39, 0.29) is 14.5 Å². The monoisotopic (exact) mass is 190 g/mol. The average molecular weight is 190 g/mol. The second-order valence-electron chi connectivity index (χ2n) is 3.85. The molecular weight excluding hydrogens is 176 g/mol. The van der Waals surface area contributed by atoms with E-state index >= 15 is 0 Å². The minimum atomic E-state index is -0.304. The summed E-state index contributed by atoms with van der Waals surface area (Å²) < 4.78 is 5.75. The maximum absolute atomic E-state index is 5.75. The van der Waals surface area contributed by atoms with Gasteiger partial charge in [-0.3, -0.25) is 0 Å². The number of ether oxygens (including phenoxy) is 1. The van der Waals surface area contributed by atoms with Gasteiger partial charge in [-0.2, -0.15) is 0 Å². The molecule has 0 aromatic carbocycles. The van der Waals surface area contributed by atoms with Crippen molar-refractivity contribution in [3.63, 3.8) is 0 Å². The van der Waals surface area contributed by atoms with Crippen molar-refractivity contribution in [1.82, 2.24) is 0 Å². The van der Waals surface area contributed by atoms with Gasteiger partial charge in [0, 0.05) is 14.0 Å². The van der Waals surface area contributed by atoms with Crippen molar-refractivity contribution in [1.29, 1.82) is 0 Å². The summed E-state index contributed by atoms with van der Waals surface area (Å²) in [5, 5.41) is 0. The molecule has 1 unspecified atom stereocenters. The van der Waals surface area contributed by atoms with E-state index in [0.29, 0.717) is 0 Å². The summed E-state index contributed by atoms with van der Waals surface area (Å²) in [6, 6.07) is 0. The number of rotatable bonds is 1. The maximum atomic E-state index is 5.75. The number of fused-ring (bicyclic) bond motifs is 1. The van der Waals surface area contributed by atoms with Gasteiger partial charge >= 0.3 is 0 Å². The fourth-order valence-corrected chi connectivity index (χ4v) is 2.47. The minimum Gasteiger partial charge on any atom is -0.482 e. The first kappa shape index (κ1) is 8.69. The predicted octanol–water partition coefficient (Wildman–Crippen LogP) is 2.29. The Morgan fingerprint density at radius 3 is 2.77 bits per heavy atom. The van der Waals surface area contributed by atoms with Crippen LogP contribution in [0.5, 0.6) is 0 Å². The van der Waals surface area contributed by atoms with E-state index in [2.05, 4.69) is 43.9 Å². The van der Waals surface area contributed by atoms with E-state index in [0.717, 1.165) is 5.76 Å². The molecule has 2 heteroatoms. The Balaban J connectivity index is 2.21. The van der Waals surface area contributed by atoms with Crippen molar-refractivity contribution < 1.29 is 4.74 Å². The molecule has 68 valence electrons. The van der Waals surface area contributed by atoms with Gasteiger partial charge in [-0.15, -0.1) is 0 Å². The van der Waals surface area contributed by atoms with Gasteiger partial charge in [0.25, 0.3) is 0 Å². The van der Waals surface area contributed by atoms with Crippen molar-refractivity contribution >= 4 is 14.1 Å². The summed E-state index contributed by atoms with van der Waals surface area (Å²) in [7, 11) is -0.304. The molecule has 1 aliphatic heterocycles. The van der Waals surface area contributed by atoms with Crippen LogP contribution in [0.4, 0.5) is 0 Å². The molecule has 0 N–H and O–H groups in total. The highest BCUT2D eigenvalue weighted by molar-refractivity contribution is 6.64. The average Bonchev–Trinajstić information content (AvgIpc) is 2.41. The van der Waals surface area contributed by atoms with Gasteiger partial charge < -0.3 is 4.74 Å².